The summed E-state index contributed by atoms with van der Waals surface area (Å²) in [6.07, 6.45) is 3.51. The summed E-state index contributed by atoms with van der Waals surface area (Å²) in [6.45, 7) is 5.06. The molecule has 0 saturated heterocycles. The first-order valence-corrected chi connectivity index (χ1v) is 5.98. The van der Waals surface area contributed by atoms with E-state index in [0.717, 1.165) is 11.4 Å². The molecule has 0 amide bonds. The molecule has 2 N–H and O–H groups in total. The van der Waals surface area contributed by atoms with E-state index in [-0.39, 0.29) is 6.17 Å². The molecule has 0 bridgehead atoms. The molecule has 0 spiro atoms. The van der Waals surface area contributed by atoms with Gasteiger partial charge in [-0.1, -0.05) is 12.1 Å². The predicted octanol–water partition coefficient (Wildman–Crippen LogP) is 3.16. The maximum atomic E-state index is 13.7. The molecule has 1 aliphatic rings. The Morgan fingerprint density at radius 3 is 2.50 bits per heavy atom. The molecule has 0 aromatic heterocycles. The highest BCUT2D eigenvalue weighted by molar-refractivity contribution is 5.90. The van der Waals surface area contributed by atoms with E-state index in [4.69, 9.17) is 0 Å². The number of nitrogens with one attached hydrogen (secondary N) is 2. The van der Waals surface area contributed by atoms with Crippen LogP contribution in [0.15, 0.2) is 41.7 Å². The van der Waals surface area contributed by atoms with Gasteiger partial charge < -0.3 is 10.6 Å². The third-order valence-electron chi connectivity index (χ3n) is 2.92. The first kappa shape index (κ1) is 12.6. The van der Waals surface area contributed by atoms with Crippen LogP contribution in [-0.4, -0.2) is 11.9 Å². The Kier molecular flexibility index (Phi) is 3.36. The topological polar surface area (TPSA) is 36.4 Å². The normalized spacial score (nSPS) is 19.1. The first-order valence-electron chi connectivity index (χ1n) is 5.98. The Hall–Kier alpha value is -1.84. The van der Waals surface area contributed by atoms with Gasteiger partial charge in [-0.2, -0.15) is 0 Å². The summed E-state index contributed by atoms with van der Waals surface area (Å²) < 4.78 is 13.7. The number of hydrogen-bond acceptors (Lipinski definition) is 3. The first-order chi connectivity index (χ1) is 8.47. The molecule has 1 atom stereocenters. The Bertz CT molecular complexity index is 469. The molecule has 1 aliphatic heterocycles. The van der Waals surface area contributed by atoms with Crippen LogP contribution in [0.1, 0.15) is 26.3 Å². The largest absolute Gasteiger partial charge is 0.365 e. The van der Waals surface area contributed by atoms with Crippen LogP contribution in [0, 0.1) is 0 Å². The molecule has 4 heteroatoms. The number of hydrogen-bond donors (Lipinski definition) is 2. The Morgan fingerprint density at radius 1 is 1.28 bits per heavy atom. The van der Waals surface area contributed by atoms with E-state index in [1.54, 1.807) is 38.4 Å². The third-order valence-corrected chi connectivity index (χ3v) is 2.92. The summed E-state index contributed by atoms with van der Waals surface area (Å²) in [5.74, 6) is 0. The van der Waals surface area contributed by atoms with Gasteiger partial charge in [0.2, 0.25) is 0 Å². The fourth-order valence-electron chi connectivity index (χ4n) is 1.76. The van der Waals surface area contributed by atoms with Crippen molar-refractivity contribution in [3.05, 3.63) is 42.2 Å². The van der Waals surface area contributed by atoms with E-state index >= 15 is 0 Å². The number of benzene rings is 1. The lowest BCUT2D eigenvalue weighted by molar-refractivity contribution is 0.221. The zero-order chi connectivity index (χ0) is 13.2. The predicted molar refractivity (Wildman–Crippen MR) is 73.4 cm³/mol. The Labute approximate surface area is 107 Å². The molecule has 0 fully saturated rings. The lowest BCUT2D eigenvalue weighted by Crippen LogP contribution is -2.40. The van der Waals surface area contributed by atoms with E-state index in [9.17, 15) is 4.39 Å². The summed E-state index contributed by atoms with van der Waals surface area (Å²) in [4.78, 5) is 4.22. The van der Waals surface area contributed by atoms with Gasteiger partial charge in [-0.15, -0.1) is 0 Å². The molecule has 2 rings (SSSR count). The van der Waals surface area contributed by atoms with Gasteiger partial charge in [-0.05, 0) is 38.5 Å². The maximum Gasteiger partial charge on any atom is 0.136 e. The fraction of sp³-hybridized carbons (Fsp3) is 0.357. The second-order valence-corrected chi connectivity index (χ2v) is 4.88. The maximum absolute atomic E-state index is 13.7. The Balaban J connectivity index is 2.07. The summed E-state index contributed by atoms with van der Waals surface area (Å²) in [5, 5.41) is 6.46. The third kappa shape index (κ3) is 2.88. The molecule has 1 aromatic rings. The van der Waals surface area contributed by atoms with Crippen LogP contribution >= 0.6 is 0 Å². The van der Waals surface area contributed by atoms with Crippen LogP contribution in [0.5, 0.6) is 0 Å². The number of halogens is 1. The minimum Gasteiger partial charge on any atom is -0.365 e. The zero-order valence-electron chi connectivity index (χ0n) is 10.9. The van der Waals surface area contributed by atoms with Gasteiger partial charge in [-0.25, -0.2) is 4.39 Å². The second-order valence-electron chi connectivity index (χ2n) is 4.88. The van der Waals surface area contributed by atoms with Crippen molar-refractivity contribution >= 4 is 11.4 Å². The molecule has 1 unspecified atom stereocenters. The minimum atomic E-state index is -1.30. The molecule has 1 heterocycles. The molecule has 1 aromatic carbocycles. The van der Waals surface area contributed by atoms with Gasteiger partial charge in [0.15, 0.2) is 0 Å². The smallest absolute Gasteiger partial charge is 0.136 e. The van der Waals surface area contributed by atoms with Crippen LogP contribution in [0.25, 0.3) is 0 Å². The van der Waals surface area contributed by atoms with Crippen molar-refractivity contribution in [1.82, 2.24) is 5.32 Å². The van der Waals surface area contributed by atoms with E-state index in [1.807, 2.05) is 19.1 Å². The van der Waals surface area contributed by atoms with Crippen molar-refractivity contribution in [1.29, 1.82) is 0 Å². The van der Waals surface area contributed by atoms with Crippen LogP contribution in [-0.2, 0) is 5.67 Å². The molecule has 96 valence electrons. The summed E-state index contributed by atoms with van der Waals surface area (Å²) in [5.41, 5.74) is 1.27. The monoisotopic (exact) mass is 247 g/mol. The standard InChI is InChI=1S/C14H18FN3/c1-10-13(17-9-8-16-10)18-12-6-4-11(5-7-12)14(2,3)15/h4-9,13,17-18H,1-3H3. The van der Waals surface area contributed by atoms with Crippen LogP contribution in [0.2, 0.25) is 0 Å². The number of anilines is 1. The van der Waals surface area contributed by atoms with Crippen molar-refractivity contribution in [2.24, 2.45) is 4.99 Å². The summed E-state index contributed by atoms with van der Waals surface area (Å²) in [6, 6.07) is 7.36. The second kappa shape index (κ2) is 4.80. The average Bonchev–Trinajstić information content (AvgIpc) is 2.32. The van der Waals surface area contributed by atoms with Gasteiger partial charge >= 0.3 is 0 Å². The minimum absolute atomic E-state index is 0.0146. The van der Waals surface area contributed by atoms with Gasteiger partial charge in [0, 0.05) is 18.1 Å². The van der Waals surface area contributed by atoms with E-state index < -0.39 is 5.67 Å². The highest BCUT2D eigenvalue weighted by atomic mass is 19.1. The van der Waals surface area contributed by atoms with Gasteiger partial charge in [0.25, 0.3) is 0 Å². The zero-order valence-corrected chi connectivity index (χ0v) is 10.9. The number of aliphatic imine (C=N–C) groups is 1. The van der Waals surface area contributed by atoms with Gasteiger partial charge in [0.05, 0.1) is 5.71 Å². The SMILES string of the molecule is CC1=NC=CNC1Nc1ccc(C(C)(C)F)cc1. The summed E-state index contributed by atoms with van der Waals surface area (Å²) in [7, 11) is 0. The van der Waals surface area contributed by atoms with Gasteiger partial charge in [0.1, 0.15) is 11.8 Å². The quantitative estimate of drug-likeness (QED) is 0.860. The number of rotatable bonds is 3. The highest BCUT2D eigenvalue weighted by Crippen LogP contribution is 2.25. The average molecular weight is 247 g/mol. The van der Waals surface area contributed by atoms with Gasteiger partial charge in [-0.3, -0.25) is 4.99 Å². The van der Waals surface area contributed by atoms with Crippen LogP contribution < -0.4 is 10.6 Å². The van der Waals surface area contributed by atoms with Crippen molar-refractivity contribution < 1.29 is 4.39 Å². The Morgan fingerprint density at radius 2 is 1.94 bits per heavy atom. The molecule has 0 aliphatic carbocycles. The van der Waals surface area contributed by atoms with E-state index in [1.165, 1.54) is 0 Å². The highest BCUT2D eigenvalue weighted by Gasteiger charge is 2.18. The lowest BCUT2D eigenvalue weighted by Gasteiger charge is -2.22. The number of nitrogens with zero attached hydrogens (tertiary/aromatic N) is 1. The molecular formula is C14H18FN3. The van der Waals surface area contributed by atoms with Crippen LogP contribution in [0.3, 0.4) is 0 Å². The van der Waals surface area contributed by atoms with Crippen molar-refractivity contribution in [2.75, 3.05) is 5.32 Å². The van der Waals surface area contributed by atoms with Crippen molar-refractivity contribution in [2.45, 2.75) is 32.6 Å². The van der Waals surface area contributed by atoms with Crippen LogP contribution in [0.4, 0.5) is 10.1 Å². The van der Waals surface area contributed by atoms with Crippen molar-refractivity contribution in [3.8, 4) is 0 Å². The molecule has 3 nitrogen and oxygen atoms in total. The summed E-state index contributed by atoms with van der Waals surface area (Å²) >= 11 is 0. The van der Waals surface area contributed by atoms with E-state index in [2.05, 4.69) is 15.6 Å². The molecule has 0 radical (unpaired) electrons. The molecule has 18 heavy (non-hydrogen) atoms. The van der Waals surface area contributed by atoms with E-state index in [0.29, 0.717) is 5.56 Å². The number of alkyl halides is 1. The molecular weight excluding hydrogens is 229 g/mol. The fourth-order valence-corrected chi connectivity index (χ4v) is 1.76. The molecule has 0 saturated carbocycles. The van der Waals surface area contributed by atoms with Crippen molar-refractivity contribution in [3.63, 3.8) is 0 Å². The lowest BCUT2D eigenvalue weighted by atomic mass is 10.00.